The molecule has 0 spiro atoms. The first-order valence-electron chi connectivity index (χ1n) is 7.30. The monoisotopic (exact) mass is 324 g/mol. The number of hydrogen-bond donors (Lipinski definition) is 1. The largest absolute Gasteiger partial charge is 0.487 e. The second kappa shape index (κ2) is 8.72. The van der Waals surface area contributed by atoms with E-state index in [2.05, 4.69) is 5.32 Å². The zero-order chi connectivity index (χ0) is 17.4. The number of benzene rings is 1. The molecule has 0 saturated carbocycles. The highest BCUT2D eigenvalue weighted by atomic mass is 16.6. The summed E-state index contributed by atoms with van der Waals surface area (Å²) in [5, 5.41) is 13.6. The van der Waals surface area contributed by atoms with Crippen LogP contribution in [0.25, 0.3) is 0 Å². The third-order valence-corrected chi connectivity index (χ3v) is 2.89. The predicted molar refractivity (Wildman–Crippen MR) is 82.4 cm³/mol. The van der Waals surface area contributed by atoms with E-state index in [0.717, 1.165) is 12.5 Å². The quantitative estimate of drug-likeness (QED) is 0.445. The van der Waals surface area contributed by atoms with E-state index < -0.39 is 22.9 Å². The number of carbonyl (C=O) groups is 2. The Kier molecular flexibility index (Phi) is 6.98. The van der Waals surface area contributed by atoms with Crippen molar-refractivity contribution in [2.45, 2.75) is 33.3 Å². The lowest BCUT2D eigenvalue weighted by Crippen LogP contribution is -2.36. The third-order valence-electron chi connectivity index (χ3n) is 2.89. The van der Waals surface area contributed by atoms with Crippen molar-refractivity contribution in [3.8, 4) is 5.75 Å². The number of hydrogen-bond acceptors (Lipinski definition) is 6. The minimum atomic E-state index is -0.986. The first-order valence-corrected chi connectivity index (χ1v) is 7.30. The van der Waals surface area contributed by atoms with E-state index in [1.54, 1.807) is 6.92 Å². The molecule has 0 aliphatic heterocycles. The number of esters is 1. The molecule has 1 N–H and O–H groups in total. The van der Waals surface area contributed by atoms with Gasteiger partial charge >= 0.3 is 11.7 Å². The van der Waals surface area contributed by atoms with Gasteiger partial charge in [0.15, 0.2) is 11.9 Å². The highest BCUT2D eigenvalue weighted by molar-refractivity contribution is 5.93. The Labute approximate surface area is 133 Å². The third kappa shape index (κ3) is 5.24. The van der Waals surface area contributed by atoms with E-state index in [4.69, 9.17) is 9.47 Å². The van der Waals surface area contributed by atoms with E-state index in [9.17, 15) is 19.7 Å². The lowest BCUT2D eigenvalue weighted by atomic mass is 10.2. The molecule has 1 aromatic rings. The topological polar surface area (TPSA) is 108 Å². The summed E-state index contributed by atoms with van der Waals surface area (Å²) < 4.78 is 10.2. The molecule has 0 aromatic heterocycles. The van der Waals surface area contributed by atoms with Crippen LogP contribution in [0.2, 0.25) is 0 Å². The molecule has 23 heavy (non-hydrogen) atoms. The Morgan fingerprint density at radius 1 is 1.35 bits per heavy atom. The van der Waals surface area contributed by atoms with Gasteiger partial charge in [-0.2, -0.15) is 0 Å². The van der Waals surface area contributed by atoms with Crippen LogP contribution >= 0.6 is 0 Å². The maximum absolute atomic E-state index is 12.0. The molecule has 0 unspecified atom stereocenters. The van der Waals surface area contributed by atoms with Crippen LogP contribution in [0.1, 0.15) is 37.6 Å². The maximum Gasteiger partial charge on any atom is 0.339 e. The number of nitro groups is 1. The van der Waals surface area contributed by atoms with E-state index in [1.165, 1.54) is 19.1 Å². The van der Waals surface area contributed by atoms with Gasteiger partial charge in [-0.1, -0.05) is 6.92 Å². The molecule has 126 valence electrons. The average Bonchev–Trinajstić information content (AvgIpc) is 2.52. The maximum atomic E-state index is 12.0. The van der Waals surface area contributed by atoms with E-state index in [-0.39, 0.29) is 23.6 Å². The average molecular weight is 324 g/mol. The molecule has 0 saturated heterocycles. The Balaban J connectivity index is 2.85. The smallest absolute Gasteiger partial charge is 0.339 e. The van der Waals surface area contributed by atoms with Gasteiger partial charge in [0.1, 0.15) is 0 Å². The summed E-state index contributed by atoms with van der Waals surface area (Å²) >= 11 is 0. The molecule has 0 aliphatic rings. The molecule has 1 rings (SSSR count). The second-order valence-electron chi connectivity index (χ2n) is 4.71. The number of rotatable bonds is 8. The highest BCUT2D eigenvalue weighted by Gasteiger charge is 2.22. The Morgan fingerprint density at radius 2 is 2.04 bits per heavy atom. The van der Waals surface area contributed by atoms with Crippen molar-refractivity contribution >= 4 is 17.6 Å². The number of ether oxygens (including phenoxy) is 2. The van der Waals surface area contributed by atoms with Crippen molar-refractivity contribution in [1.29, 1.82) is 0 Å². The summed E-state index contributed by atoms with van der Waals surface area (Å²) in [4.78, 5) is 34.1. The molecule has 1 aromatic carbocycles. The van der Waals surface area contributed by atoms with Crippen molar-refractivity contribution < 1.29 is 24.0 Å². The van der Waals surface area contributed by atoms with Crippen LogP contribution in [0.4, 0.5) is 5.69 Å². The SMILES string of the molecule is CCCNC(=O)[C@@H](C)OC(=O)c1ccc(OCC)c([N+](=O)[O-])c1. The minimum absolute atomic E-state index is 0.0182. The normalized spacial score (nSPS) is 11.4. The Hall–Kier alpha value is -2.64. The minimum Gasteiger partial charge on any atom is -0.487 e. The van der Waals surface area contributed by atoms with Crippen LogP contribution in [-0.4, -0.2) is 36.1 Å². The van der Waals surface area contributed by atoms with E-state index in [0.29, 0.717) is 6.54 Å². The molecular weight excluding hydrogens is 304 g/mol. The molecule has 8 heteroatoms. The van der Waals surface area contributed by atoms with Gasteiger partial charge < -0.3 is 14.8 Å². The number of nitrogens with one attached hydrogen (secondary N) is 1. The van der Waals surface area contributed by atoms with E-state index >= 15 is 0 Å². The Bertz CT molecular complexity index is 587. The fraction of sp³-hybridized carbons (Fsp3) is 0.467. The van der Waals surface area contributed by atoms with Crippen LogP contribution < -0.4 is 10.1 Å². The van der Waals surface area contributed by atoms with Crippen molar-refractivity contribution in [2.75, 3.05) is 13.2 Å². The zero-order valence-corrected chi connectivity index (χ0v) is 13.3. The summed E-state index contributed by atoms with van der Waals surface area (Å²) in [6.45, 7) is 5.78. The summed E-state index contributed by atoms with van der Waals surface area (Å²) in [7, 11) is 0. The van der Waals surface area contributed by atoms with Crippen LogP contribution in [0, 0.1) is 10.1 Å². The first kappa shape index (κ1) is 18.4. The van der Waals surface area contributed by atoms with Gasteiger partial charge in [-0.05, 0) is 32.4 Å². The van der Waals surface area contributed by atoms with Crippen LogP contribution in [0.15, 0.2) is 18.2 Å². The van der Waals surface area contributed by atoms with Gasteiger partial charge in [0.05, 0.1) is 17.1 Å². The number of amides is 1. The van der Waals surface area contributed by atoms with Gasteiger partial charge in [-0.25, -0.2) is 4.79 Å². The van der Waals surface area contributed by atoms with Gasteiger partial charge in [0.2, 0.25) is 0 Å². The highest BCUT2D eigenvalue weighted by Crippen LogP contribution is 2.28. The van der Waals surface area contributed by atoms with Gasteiger partial charge in [0, 0.05) is 12.6 Å². The predicted octanol–water partition coefficient (Wildman–Crippen LogP) is 2.06. The van der Waals surface area contributed by atoms with Gasteiger partial charge in [0.25, 0.3) is 5.91 Å². The molecule has 1 amide bonds. The van der Waals surface area contributed by atoms with Gasteiger partial charge in [-0.3, -0.25) is 14.9 Å². The lowest BCUT2D eigenvalue weighted by molar-refractivity contribution is -0.385. The van der Waals surface area contributed by atoms with Crippen LogP contribution in [0.5, 0.6) is 5.75 Å². The fourth-order valence-electron chi connectivity index (χ4n) is 1.74. The van der Waals surface area contributed by atoms with Crippen LogP contribution in [-0.2, 0) is 9.53 Å². The summed E-state index contributed by atoms with van der Waals surface area (Å²) in [6.07, 6.45) is -0.225. The molecule has 0 aliphatic carbocycles. The second-order valence-corrected chi connectivity index (χ2v) is 4.71. The fourth-order valence-corrected chi connectivity index (χ4v) is 1.74. The summed E-state index contributed by atoms with van der Waals surface area (Å²) in [5.74, 6) is -1.15. The van der Waals surface area contributed by atoms with Crippen molar-refractivity contribution in [3.63, 3.8) is 0 Å². The number of nitro benzene ring substituents is 1. The Morgan fingerprint density at radius 3 is 2.61 bits per heavy atom. The molecule has 0 heterocycles. The number of nitrogens with zero attached hydrogens (tertiary/aromatic N) is 1. The molecule has 8 nitrogen and oxygen atoms in total. The number of carbonyl (C=O) groups excluding carboxylic acids is 2. The first-order chi connectivity index (χ1) is 10.9. The zero-order valence-electron chi connectivity index (χ0n) is 13.3. The molecule has 0 fully saturated rings. The molecule has 0 bridgehead atoms. The van der Waals surface area contributed by atoms with Gasteiger partial charge in [-0.15, -0.1) is 0 Å². The lowest BCUT2D eigenvalue weighted by Gasteiger charge is -2.13. The molecule has 0 radical (unpaired) electrons. The van der Waals surface area contributed by atoms with E-state index in [1.807, 2.05) is 6.92 Å². The van der Waals surface area contributed by atoms with Crippen molar-refractivity contribution in [3.05, 3.63) is 33.9 Å². The standard InChI is InChI=1S/C15H20N2O6/c1-4-8-16-14(18)10(3)23-15(19)11-6-7-13(22-5-2)12(9-11)17(20)21/h6-7,9-10H,4-5,8H2,1-3H3,(H,16,18)/t10-/m1/s1. The van der Waals surface area contributed by atoms with Crippen molar-refractivity contribution in [2.24, 2.45) is 0 Å². The van der Waals surface area contributed by atoms with Crippen LogP contribution in [0.3, 0.4) is 0 Å². The summed E-state index contributed by atoms with van der Waals surface area (Å²) in [5.41, 5.74) is -0.348. The van der Waals surface area contributed by atoms with Crippen molar-refractivity contribution in [1.82, 2.24) is 5.32 Å². The summed E-state index contributed by atoms with van der Waals surface area (Å²) in [6, 6.07) is 3.76. The molecular formula is C15H20N2O6. The molecule has 1 atom stereocenters.